The van der Waals surface area contributed by atoms with E-state index in [0.29, 0.717) is 18.8 Å². The van der Waals surface area contributed by atoms with Crippen LogP contribution in [0.5, 0.6) is 17.2 Å². The Morgan fingerprint density at radius 2 is 1.57 bits per heavy atom. The maximum atomic E-state index is 12.4. The van der Waals surface area contributed by atoms with Gasteiger partial charge in [-0.1, -0.05) is 27.2 Å². The minimum absolute atomic E-state index is 0.121. The lowest BCUT2D eigenvalue weighted by atomic mass is 10.0. The number of ketones is 1. The number of allylic oxidation sites excluding steroid dienone is 1. The third-order valence-corrected chi connectivity index (χ3v) is 4.20. The number of phenolic OH excluding ortho intramolecular Hbond substituents is 1. The average Bonchev–Trinajstić information content (AvgIpc) is 2.70. The predicted octanol–water partition coefficient (Wildman–Crippen LogP) is 5.82. The molecule has 150 valence electrons. The molecule has 2 rings (SSSR count). The molecule has 0 saturated carbocycles. The molecule has 0 fully saturated rings. The van der Waals surface area contributed by atoms with Crippen LogP contribution in [-0.4, -0.2) is 24.1 Å². The molecular weight excluding hydrogens is 352 g/mol. The van der Waals surface area contributed by atoms with E-state index in [4.69, 9.17) is 9.47 Å². The molecule has 0 unspecified atom stereocenters. The number of aryl methyl sites for hydroxylation is 1. The Kier molecular flexibility index (Phi) is 8.60. The van der Waals surface area contributed by atoms with E-state index in [1.54, 1.807) is 24.3 Å². The smallest absolute Gasteiger partial charge is 0.185 e. The van der Waals surface area contributed by atoms with Gasteiger partial charge in [0.25, 0.3) is 0 Å². The van der Waals surface area contributed by atoms with Crippen LogP contribution in [0.4, 0.5) is 0 Å². The van der Waals surface area contributed by atoms with Crippen LogP contribution in [0, 0.1) is 0 Å². The highest BCUT2D eigenvalue weighted by molar-refractivity contribution is 6.07. The average molecular weight is 383 g/mol. The van der Waals surface area contributed by atoms with Gasteiger partial charge in [-0.2, -0.15) is 0 Å². The molecule has 4 heteroatoms. The van der Waals surface area contributed by atoms with Gasteiger partial charge in [-0.25, -0.2) is 0 Å². The lowest BCUT2D eigenvalue weighted by Gasteiger charge is -2.16. The Hall–Kier alpha value is -2.75. The van der Waals surface area contributed by atoms with Gasteiger partial charge in [0.15, 0.2) is 5.78 Å². The third kappa shape index (κ3) is 6.15. The van der Waals surface area contributed by atoms with Crippen molar-refractivity contribution in [1.82, 2.24) is 0 Å². The van der Waals surface area contributed by atoms with Crippen LogP contribution in [0.25, 0.3) is 6.08 Å². The Morgan fingerprint density at radius 1 is 0.929 bits per heavy atom. The zero-order valence-electron chi connectivity index (χ0n) is 17.0. The highest BCUT2D eigenvalue weighted by Gasteiger charge is 2.11. The van der Waals surface area contributed by atoms with Crippen LogP contribution >= 0.6 is 0 Å². The minimum atomic E-state index is -0.121. The lowest BCUT2D eigenvalue weighted by Crippen LogP contribution is -2.03. The number of hydrogen-bond acceptors (Lipinski definition) is 4. The summed E-state index contributed by atoms with van der Waals surface area (Å²) in [5.41, 5.74) is 2.52. The van der Waals surface area contributed by atoms with Gasteiger partial charge in [-0.3, -0.25) is 4.79 Å². The quantitative estimate of drug-likeness (QED) is 0.393. The SMILES string of the molecule is CCCOc1cc(OCCC)c(CCC)cc1/C=C/C(=O)c1ccc(O)cc1. The van der Waals surface area contributed by atoms with Crippen LogP contribution in [0.15, 0.2) is 42.5 Å². The fourth-order valence-corrected chi connectivity index (χ4v) is 2.79. The highest BCUT2D eigenvalue weighted by Crippen LogP contribution is 2.32. The van der Waals surface area contributed by atoms with E-state index in [1.165, 1.54) is 12.1 Å². The third-order valence-electron chi connectivity index (χ3n) is 4.20. The maximum absolute atomic E-state index is 12.4. The van der Waals surface area contributed by atoms with Crippen LogP contribution in [0.1, 0.15) is 61.5 Å². The minimum Gasteiger partial charge on any atom is -0.508 e. The van der Waals surface area contributed by atoms with E-state index in [9.17, 15) is 9.90 Å². The summed E-state index contributed by atoms with van der Waals surface area (Å²) in [6.45, 7) is 7.55. The van der Waals surface area contributed by atoms with Gasteiger partial charge in [-0.05, 0) is 67.3 Å². The van der Waals surface area contributed by atoms with E-state index in [2.05, 4.69) is 26.8 Å². The van der Waals surface area contributed by atoms with Crippen molar-refractivity contribution in [3.05, 3.63) is 59.2 Å². The standard InChI is InChI=1S/C24H30O4/c1-4-7-19-16-20(10-13-22(26)18-8-11-21(25)12-9-18)24(28-15-6-3)17-23(19)27-14-5-2/h8-13,16-17,25H,4-7,14-15H2,1-3H3/b13-10+. The van der Waals surface area contributed by atoms with Crippen molar-refractivity contribution in [3.63, 3.8) is 0 Å². The second kappa shape index (κ2) is 11.2. The van der Waals surface area contributed by atoms with E-state index < -0.39 is 0 Å². The molecular formula is C24H30O4. The summed E-state index contributed by atoms with van der Waals surface area (Å²) in [7, 11) is 0. The fraction of sp³-hybridized carbons (Fsp3) is 0.375. The molecule has 0 aromatic heterocycles. The first-order valence-electron chi connectivity index (χ1n) is 10.0. The Balaban J connectivity index is 2.34. The number of hydrogen-bond donors (Lipinski definition) is 1. The fourth-order valence-electron chi connectivity index (χ4n) is 2.79. The van der Waals surface area contributed by atoms with Crippen molar-refractivity contribution in [3.8, 4) is 17.2 Å². The molecule has 2 aromatic carbocycles. The zero-order valence-corrected chi connectivity index (χ0v) is 17.0. The van der Waals surface area contributed by atoms with Gasteiger partial charge >= 0.3 is 0 Å². The van der Waals surface area contributed by atoms with Crippen LogP contribution < -0.4 is 9.47 Å². The second-order valence-corrected chi connectivity index (χ2v) is 6.69. The highest BCUT2D eigenvalue weighted by atomic mass is 16.5. The first kappa shape index (κ1) is 21.5. The van der Waals surface area contributed by atoms with Gasteiger partial charge in [0.2, 0.25) is 0 Å². The molecule has 0 saturated heterocycles. The van der Waals surface area contributed by atoms with E-state index in [-0.39, 0.29) is 11.5 Å². The molecule has 0 aliphatic heterocycles. The largest absolute Gasteiger partial charge is 0.508 e. The summed E-state index contributed by atoms with van der Waals surface area (Å²) < 4.78 is 11.8. The van der Waals surface area contributed by atoms with E-state index in [0.717, 1.165) is 48.3 Å². The Labute approximate surface area is 167 Å². The summed E-state index contributed by atoms with van der Waals surface area (Å²) in [6.07, 6.45) is 7.09. The molecule has 0 aliphatic rings. The monoisotopic (exact) mass is 382 g/mol. The summed E-state index contributed by atoms with van der Waals surface area (Å²) >= 11 is 0. The number of aromatic hydroxyl groups is 1. The predicted molar refractivity (Wildman–Crippen MR) is 113 cm³/mol. The number of rotatable bonds is 11. The van der Waals surface area contributed by atoms with Crippen molar-refractivity contribution in [2.75, 3.05) is 13.2 Å². The first-order valence-corrected chi connectivity index (χ1v) is 10.0. The second-order valence-electron chi connectivity index (χ2n) is 6.69. The summed E-state index contributed by atoms with van der Waals surface area (Å²) in [4.78, 5) is 12.4. The normalized spacial score (nSPS) is 11.0. The maximum Gasteiger partial charge on any atom is 0.185 e. The molecule has 0 spiro atoms. The number of ether oxygens (including phenoxy) is 2. The molecule has 1 N–H and O–H groups in total. The summed E-state index contributed by atoms with van der Waals surface area (Å²) in [6, 6.07) is 10.2. The van der Waals surface area contributed by atoms with Gasteiger partial charge in [0.1, 0.15) is 17.2 Å². The number of phenols is 1. The van der Waals surface area contributed by atoms with Gasteiger partial charge in [0.05, 0.1) is 13.2 Å². The molecule has 0 atom stereocenters. The van der Waals surface area contributed by atoms with Crippen molar-refractivity contribution in [2.45, 2.75) is 46.5 Å². The van der Waals surface area contributed by atoms with Crippen LogP contribution in [0.3, 0.4) is 0 Å². The Bertz CT molecular complexity index is 791. The van der Waals surface area contributed by atoms with Gasteiger partial charge < -0.3 is 14.6 Å². The van der Waals surface area contributed by atoms with Crippen LogP contribution in [0.2, 0.25) is 0 Å². The van der Waals surface area contributed by atoms with Crippen molar-refractivity contribution in [2.24, 2.45) is 0 Å². The molecule has 2 aromatic rings. The molecule has 28 heavy (non-hydrogen) atoms. The molecule has 0 bridgehead atoms. The molecule has 4 nitrogen and oxygen atoms in total. The van der Waals surface area contributed by atoms with Gasteiger partial charge in [0, 0.05) is 17.2 Å². The van der Waals surface area contributed by atoms with Crippen molar-refractivity contribution < 1.29 is 19.4 Å². The molecule has 0 radical (unpaired) electrons. The molecule has 0 heterocycles. The van der Waals surface area contributed by atoms with Crippen molar-refractivity contribution >= 4 is 11.9 Å². The Morgan fingerprint density at radius 3 is 2.18 bits per heavy atom. The summed E-state index contributed by atoms with van der Waals surface area (Å²) in [5.74, 6) is 1.60. The number of carbonyl (C=O) groups is 1. The van der Waals surface area contributed by atoms with E-state index in [1.807, 2.05) is 6.07 Å². The van der Waals surface area contributed by atoms with Crippen LogP contribution in [-0.2, 0) is 6.42 Å². The first-order chi connectivity index (χ1) is 13.6. The lowest BCUT2D eigenvalue weighted by molar-refractivity contribution is 0.104. The molecule has 0 aliphatic carbocycles. The van der Waals surface area contributed by atoms with E-state index >= 15 is 0 Å². The topological polar surface area (TPSA) is 55.8 Å². The van der Waals surface area contributed by atoms with Gasteiger partial charge in [-0.15, -0.1) is 0 Å². The number of benzene rings is 2. The molecule has 0 amide bonds. The summed E-state index contributed by atoms with van der Waals surface area (Å²) in [5, 5.41) is 9.38. The van der Waals surface area contributed by atoms with Crippen molar-refractivity contribution in [1.29, 1.82) is 0 Å². The zero-order chi connectivity index (χ0) is 20.4. The number of carbonyl (C=O) groups excluding carboxylic acids is 1.